The SMILES string of the molecule is CCOc1ccc(CCNC(=O)CCS)cc1C. The molecule has 0 spiro atoms. The van der Waals surface area contributed by atoms with Crippen LogP contribution in [0.5, 0.6) is 5.75 Å². The van der Waals surface area contributed by atoms with Gasteiger partial charge in [0.25, 0.3) is 0 Å². The third kappa shape index (κ3) is 5.00. The van der Waals surface area contributed by atoms with Crippen LogP contribution in [0.3, 0.4) is 0 Å². The van der Waals surface area contributed by atoms with E-state index >= 15 is 0 Å². The topological polar surface area (TPSA) is 38.3 Å². The Morgan fingerprint density at radius 1 is 1.44 bits per heavy atom. The Morgan fingerprint density at radius 2 is 2.22 bits per heavy atom. The Hall–Kier alpha value is -1.16. The lowest BCUT2D eigenvalue weighted by Gasteiger charge is -2.09. The van der Waals surface area contributed by atoms with Gasteiger partial charge in [-0.15, -0.1) is 0 Å². The van der Waals surface area contributed by atoms with Gasteiger partial charge in [0.1, 0.15) is 5.75 Å². The molecular formula is C14H21NO2S. The molecule has 0 aliphatic heterocycles. The largest absolute Gasteiger partial charge is 0.494 e. The number of carbonyl (C=O) groups is 1. The second kappa shape index (κ2) is 8.03. The molecule has 1 aromatic carbocycles. The lowest BCUT2D eigenvalue weighted by molar-refractivity contribution is -0.120. The molecule has 0 saturated carbocycles. The van der Waals surface area contributed by atoms with Crippen molar-refractivity contribution in [3.8, 4) is 5.75 Å². The Kier molecular flexibility index (Phi) is 6.65. The van der Waals surface area contributed by atoms with Crippen molar-refractivity contribution in [2.45, 2.75) is 26.7 Å². The van der Waals surface area contributed by atoms with E-state index in [1.165, 1.54) is 5.56 Å². The summed E-state index contributed by atoms with van der Waals surface area (Å²) in [7, 11) is 0. The molecule has 0 aliphatic carbocycles. The van der Waals surface area contributed by atoms with Gasteiger partial charge in [0, 0.05) is 13.0 Å². The maximum atomic E-state index is 11.3. The van der Waals surface area contributed by atoms with Gasteiger partial charge in [0.2, 0.25) is 5.91 Å². The number of amides is 1. The van der Waals surface area contributed by atoms with Crippen LogP contribution < -0.4 is 10.1 Å². The van der Waals surface area contributed by atoms with Crippen molar-refractivity contribution in [2.75, 3.05) is 18.9 Å². The van der Waals surface area contributed by atoms with E-state index in [1.807, 2.05) is 26.0 Å². The van der Waals surface area contributed by atoms with Gasteiger partial charge < -0.3 is 10.1 Å². The third-order valence-electron chi connectivity index (χ3n) is 2.61. The van der Waals surface area contributed by atoms with E-state index in [2.05, 4.69) is 24.0 Å². The van der Waals surface area contributed by atoms with Gasteiger partial charge in [-0.2, -0.15) is 12.6 Å². The van der Waals surface area contributed by atoms with Crippen LogP contribution in [0.25, 0.3) is 0 Å². The lowest BCUT2D eigenvalue weighted by Crippen LogP contribution is -2.25. The fourth-order valence-corrected chi connectivity index (χ4v) is 1.92. The first-order valence-electron chi connectivity index (χ1n) is 6.27. The third-order valence-corrected chi connectivity index (χ3v) is 2.84. The molecule has 1 aromatic rings. The average molecular weight is 267 g/mol. The normalized spacial score (nSPS) is 10.2. The van der Waals surface area contributed by atoms with E-state index in [9.17, 15) is 4.79 Å². The highest BCUT2D eigenvalue weighted by atomic mass is 32.1. The van der Waals surface area contributed by atoms with Crippen LogP contribution in [0.4, 0.5) is 0 Å². The minimum atomic E-state index is 0.0626. The molecule has 1 N–H and O–H groups in total. The molecular weight excluding hydrogens is 246 g/mol. The number of nitrogens with one attached hydrogen (secondary N) is 1. The summed E-state index contributed by atoms with van der Waals surface area (Å²) in [5.74, 6) is 1.58. The van der Waals surface area contributed by atoms with Gasteiger partial charge in [-0.1, -0.05) is 12.1 Å². The second-order valence-corrected chi connectivity index (χ2v) is 4.55. The minimum Gasteiger partial charge on any atom is -0.494 e. The maximum Gasteiger partial charge on any atom is 0.220 e. The quantitative estimate of drug-likeness (QED) is 0.744. The highest BCUT2D eigenvalue weighted by molar-refractivity contribution is 7.80. The molecule has 0 fully saturated rings. The van der Waals surface area contributed by atoms with Crippen LogP contribution in [-0.4, -0.2) is 24.8 Å². The molecule has 4 heteroatoms. The van der Waals surface area contributed by atoms with Gasteiger partial charge in [-0.05, 0) is 43.2 Å². The van der Waals surface area contributed by atoms with E-state index in [1.54, 1.807) is 0 Å². The number of ether oxygens (including phenoxy) is 1. The standard InChI is InChI=1S/C14H21NO2S/c1-3-17-13-5-4-12(10-11(13)2)6-8-15-14(16)7-9-18/h4-5,10,18H,3,6-9H2,1-2H3,(H,15,16). The summed E-state index contributed by atoms with van der Waals surface area (Å²) in [4.78, 5) is 11.3. The van der Waals surface area contributed by atoms with E-state index in [0.29, 0.717) is 25.3 Å². The molecule has 0 heterocycles. The Labute approximate surface area is 114 Å². The summed E-state index contributed by atoms with van der Waals surface area (Å²) in [6, 6.07) is 6.14. The van der Waals surface area contributed by atoms with Crippen molar-refractivity contribution in [3.05, 3.63) is 29.3 Å². The van der Waals surface area contributed by atoms with Crippen molar-refractivity contribution >= 4 is 18.5 Å². The monoisotopic (exact) mass is 267 g/mol. The molecule has 0 unspecified atom stereocenters. The first kappa shape index (κ1) is 14.9. The maximum absolute atomic E-state index is 11.3. The Balaban J connectivity index is 2.43. The summed E-state index contributed by atoms with van der Waals surface area (Å²) in [5.41, 5.74) is 2.35. The number of hydrogen-bond donors (Lipinski definition) is 2. The number of hydrogen-bond acceptors (Lipinski definition) is 3. The summed E-state index contributed by atoms with van der Waals surface area (Å²) in [5, 5.41) is 2.87. The predicted octanol–water partition coefficient (Wildman–Crippen LogP) is 2.37. The zero-order valence-corrected chi connectivity index (χ0v) is 11.9. The Morgan fingerprint density at radius 3 is 2.83 bits per heavy atom. The summed E-state index contributed by atoms with van der Waals surface area (Å²) < 4.78 is 5.49. The number of aryl methyl sites for hydroxylation is 1. The zero-order chi connectivity index (χ0) is 13.4. The van der Waals surface area contributed by atoms with E-state index in [-0.39, 0.29) is 5.91 Å². The summed E-state index contributed by atoms with van der Waals surface area (Å²) in [6.07, 6.45) is 1.32. The predicted molar refractivity (Wildman–Crippen MR) is 77.5 cm³/mol. The highest BCUT2D eigenvalue weighted by Crippen LogP contribution is 2.19. The van der Waals surface area contributed by atoms with Crippen molar-refractivity contribution < 1.29 is 9.53 Å². The molecule has 0 aliphatic rings. The first-order chi connectivity index (χ1) is 8.67. The average Bonchev–Trinajstić information content (AvgIpc) is 2.33. The van der Waals surface area contributed by atoms with Crippen LogP contribution in [0.2, 0.25) is 0 Å². The van der Waals surface area contributed by atoms with Gasteiger partial charge in [0.05, 0.1) is 6.61 Å². The molecule has 100 valence electrons. The number of rotatable bonds is 7. The van der Waals surface area contributed by atoms with Crippen LogP contribution >= 0.6 is 12.6 Å². The van der Waals surface area contributed by atoms with Crippen LogP contribution in [0, 0.1) is 6.92 Å². The van der Waals surface area contributed by atoms with Crippen LogP contribution in [0.15, 0.2) is 18.2 Å². The van der Waals surface area contributed by atoms with Crippen molar-refractivity contribution in [2.24, 2.45) is 0 Å². The van der Waals surface area contributed by atoms with E-state index in [4.69, 9.17) is 4.74 Å². The molecule has 1 amide bonds. The summed E-state index contributed by atoms with van der Waals surface area (Å²) >= 11 is 4.02. The molecule has 0 radical (unpaired) electrons. The van der Waals surface area contributed by atoms with Crippen molar-refractivity contribution in [1.29, 1.82) is 0 Å². The van der Waals surface area contributed by atoms with Gasteiger partial charge >= 0.3 is 0 Å². The minimum absolute atomic E-state index is 0.0626. The number of benzene rings is 1. The van der Waals surface area contributed by atoms with Gasteiger partial charge in [-0.3, -0.25) is 4.79 Å². The molecule has 1 rings (SSSR count). The molecule has 3 nitrogen and oxygen atoms in total. The number of carbonyl (C=O) groups excluding carboxylic acids is 1. The van der Waals surface area contributed by atoms with Crippen molar-refractivity contribution in [3.63, 3.8) is 0 Å². The van der Waals surface area contributed by atoms with Gasteiger partial charge in [-0.25, -0.2) is 0 Å². The second-order valence-electron chi connectivity index (χ2n) is 4.11. The first-order valence-corrected chi connectivity index (χ1v) is 6.90. The highest BCUT2D eigenvalue weighted by Gasteiger charge is 2.02. The molecule has 0 saturated heterocycles. The smallest absolute Gasteiger partial charge is 0.220 e. The van der Waals surface area contributed by atoms with Gasteiger partial charge in [0.15, 0.2) is 0 Å². The summed E-state index contributed by atoms with van der Waals surface area (Å²) in [6.45, 7) is 5.36. The van der Waals surface area contributed by atoms with E-state index in [0.717, 1.165) is 17.7 Å². The molecule has 0 aromatic heterocycles. The number of thiol groups is 1. The van der Waals surface area contributed by atoms with Crippen LogP contribution in [0.1, 0.15) is 24.5 Å². The van der Waals surface area contributed by atoms with Crippen LogP contribution in [-0.2, 0) is 11.2 Å². The molecule has 18 heavy (non-hydrogen) atoms. The molecule has 0 atom stereocenters. The molecule has 0 bridgehead atoms. The van der Waals surface area contributed by atoms with E-state index < -0.39 is 0 Å². The van der Waals surface area contributed by atoms with Crippen molar-refractivity contribution in [1.82, 2.24) is 5.32 Å². The lowest BCUT2D eigenvalue weighted by atomic mass is 10.1. The fourth-order valence-electron chi connectivity index (χ4n) is 1.72. The fraction of sp³-hybridized carbons (Fsp3) is 0.500. The Bertz CT molecular complexity index is 393. The zero-order valence-electron chi connectivity index (χ0n) is 11.0.